The van der Waals surface area contributed by atoms with Crippen molar-refractivity contribution in [2.45, 2.75) is 38.6 Å². The van der Waals surface area contributed by atoms with Gasteiger partial charge in [0.25, 0.3) is 0 Å². The standard InChI is InChI=1S/C12H21NO3/c1-2-10(11(15)16)13-6-9(7-14)12(8-13)4-3-5-12/h9-10,14H,2-8H2,1H3,(H,15,16)/t9-,10-/m0/s1. The molecule has 0 bridgehead atoms. The third kappa shape index (κ3) is 1.74. The Balaban J connectivity index is 2.07. The molecule has 0 unspecified atom stereocenters. The lowest BCUT2D eigenvalue weighted by Crippen LogP contribution is -2.42. The third-order valence-corrected chi connectivity index (χ3v) is 4.52. The van der Waals surface area contributed by atoms with Crippen LogP contribution in [0.3, 0.4) is 0 Å². The van der Waals surface area contributed by atoms with Gasteiger partial charge in [0.05, 0.1) is 0 Å². The summed E-state index contributed by atoms with van der Waals surface area (Å²) in [6.45, 7) is 3.73. The summed E-state index contributed by atoms with van der Waals surface area (Å²) in [4.78, 5) is 13.2. The number of hydrogen-bond donors (Lipinski definition) is 2. The number of rotatable bonds is 4. The molecule has 1 spiro atoms. The van der Waals surface area contributed by atoms with Gasteiger partial charge in [0.1, 0.15) is 6.04 Å². The normalized spacial score (nSPS) is 30.2. The molecular weight excluding hydrogens is 206 g/mol. The Labute approximate surface area is 96.3 Å². The summed E-state index contributed by atoms with van der Waals surface area (Å²) in [5.74, 6) is -0.440. The number of nitrogens with zero attached hydrogens (tertiary/aromatic N) is 1. The fraction of sp³-hybridized carbons (Fsp3) is 0.917. The van der Waals surface area contributed by atoms with E-state index in [9.17, 15) is 9.90 Å². The lowest BCUT2D eigenvalue weighted by Gasteiger charge is -2.42. The first-order valence-corrected chi connectivity index (χ1v) is 6.20. The summed E-state index contributed by atoms with van der Waals surface area (Å²) >= 11 is 0. The van der Waals surface area contributed by atoms with Gasteiger partial charge in [-0.05, 0) is 24.7 Å². The van der Waals surface area contributed by atoms with Crippen LogP contribution in [0.25, 0.3) is 0 Å². The highest BCUT2D eigenvalue weighted by Crippen LogP contribution is 2.51. The van der Waals surface area contributed by atoms with E-state index in [0.717, 1.165) is 25.9 Å². The van der Waals surface area contributed by atoms with Crippen LogP contribution in [0.2, 0.25) is 0 Å². The van der Waals surface area contributed by atoms with Gasteiger partial charge in [0.15, 0.2) is 0 Å². The van der Waals surface area contributed by atoms with Crippen molar-refractivity contribution in [3.05, 3.63) is 0 Å². The average Bonchev–Trinajstić information content (AvgIpc) is 2.57. The molecule has 2 N–H and O–H groups in total. The molecule has 4 heteroatoms. The minimum atomic E-state index is -0.726. The maximum Gasteiger partial charge on any atom is 0.320 e. The number of aliphatic carboxylic acids is 1. The van der Waals surface area contributed by atoms with Crippen LogP contribution < -0.4 is 0 Å². The van der Waals surface area contributed by atoms with Crippen LogP contribution in [0, 0.1) is 11.3 Å². The van der Waals surface area contributed by atoms with Crippen LogP contribution in [0.15, 0.2) is 0 Å². The maximum atomic E-state index is 11.1. The minimum absolute atomic E-state index is 0.201. The molecule has 1 heterocycles. The van der Waals surface area contributed by atoms with E-state index in [4.69, 9.17) is 5.11 Å². The molecule has 2 rings (SSSR count). The van der Waals surface area contributed by atoms with E-state index in [2.05, 4.69) is 4.90 Å². The highest BCUT2D eigenvalue weighted by molar-refractivity contribution is 5.73. The van der Waals surface area contributed by atoms with Crippen molar-refractivity contribution in [1.29, 1.82) is 0 Å². The van der Waals surface area contributed by atoms with E-state index in [1.54, 1.807) is 0 Å². The van der Waals surface area contributed by atoms with E-state index in [1.807, 2.05) is 6.92 Å². The van der Waals surface area contributed by atoms with Crippen LogP contribution in [-0.2, 0) is 4.79 Å². The number of carbonyl (C=O) groups is 1. The first-order chi connectivity index (χ1) is 7.63. The van der Waals surface area contributed by atoms with Gasteiger partial charge in [-0.2, -0.15) is 0 Å². The molecule has 1 aliphatic heterocycles. The average molecular weight is 227 g/mol. The highest BCUT2D eigenvalue weighted by atomic mass is 16.4. The van der Waals surface area contributed by atoms with E-state index >= 15 is 0 Å². The second-order valence-corrected chi connectivity index (χ2v) is 5.29. The van der Waals surface area contributed by atoms with Crippen LogP contribution in [-0.4, -0.2) is 46.8 Å². The SMILES string of the molecule is CC[C@@H](C(=O)O)N1C[C@@H](CO)C2(CCC2)C1. The van der Waals surface area contributed by atoms with Crippen molar-refractivity contribution in [2.75, 3.05) is 19.7 Å². The summed E-state index contributed by atoms with van der Waals surface area (Å²) < 4.78 is 0. The van der Waals surface area contributed by atoms with Crippen LogP contribution in [0.4, 0.5) is 0 Å². The summed E-state index contributed by atoms with van der Waals surface area (Å²) in [5.41, 5.74) is 0.234. The predicted octanol–water partition coefficient (Wildman–Crippen LogP) is 0.944. The third-order valence-electron chi connectivity index (χ3n) is 4.52. The largest absolute Gasteiger partial charge is 0.480 e. The van der Waals surface area contributed by atoms with Gasteiger partial charge >= 0.3 is 5.97 Å². The maximum absolute atomic E-state index is 11.1. The fourth-order valence-electron chi connectivity index (χ4n) is 3.35. The van der Waals surface area contributed by atoms with Crippen molar-refractivity contribution >= 4 is 5.97 Å². The molecule has 92 valence electrons. The topological polar surface area (TPSA) is 60.8 Å². The Morgan fingerprint density at radius 3 is 2.56 bits per heavy atom. The Morgan fingerprint density at radius 1 is 1.56 bits per heavy atom. The number of carboxylic acid groups (broad SMARTS) is 1. The molecule has 0 aromatic carbocycles. The van der Waals surface area contributed by atoms with E-state index in [-0.39, 0.29) is 24.0 Å². The Morgan fingerprint density at radius 2 is 2.25 bits per heavy atom. The number of aliphatic hydroxyl groups is 1. The molecule has 0 radical (unpaired) electrons. The van der Waals surface area contributed by atoms with Crippen LogP contribution in [0.5, 0.6) is 0 Å². The summed E-state index contributed by atoms with van der Waals surface area (Å²) in [6, 6.07) is -0.367. The molecule has 0 amide bonds. The molecule has 2 fully saturated rings. The predicted molar refractivity (Wildman–Crippen MR) is 60.1 cm³/mol. The lowest BCUT2D eigenvalue weighted by atomic mass is 9.63. The Hall–Kier alpha value is -0.610. The van der Waals surface area contributed by atoms with Crippen molar-refractivity contribution in [3.8, 4) is 0 Å². The van der Waals surface area contributed by atoms with E-state index < -0.39 is 5.97 Å². The van der Waals surface area contributed by atoms with Gasteiger partial charge in [0, 0.05) is 25.6 Å². The Bertz CT molecular complexity index is 275. The number of hydrogen-bond acceptors (Lipinski definition) is 3. The smallest absolute Gasteiger partial charge is 0.320 e. The second-order valence-electron chi connectivity index (χ2n) is 5.29. The fourth-order valence-corrected chi connectivity index (χ4v) is 3.35. The molecule has 1 saturated carbocycles. The minimum Gasteiger partial charge on any atom is -0.480 e. The molecule has 2 aliphatic rings. The van der Waals surface area contributed by atoms with E-state index in [1.165, 1.54) is 6.42 Å². The number of likely N-dealkylation sites (tertiary alicyclic amines) is 1. The zero-order valence-electron chi connectivity index (χ0n) is 9.85. The highest BCUT2D eigenvalue weighted by Gasteiger charge is 2.51. The summed E-state index contributed by atoms with van der Waals surface area (Å²) in [6.07, 6.45) is 4.19. The molecule has 0 aromatic rings. The van der Waals surface area contributed by atoms with Gasteiger partial charge in [-0.1, -0.05) is 13.3 Å². The summed E-state index contributed by atoms with van der Waals surface area (Å²) in [5, 5.41) is 18.6. The van der Waals surface area contributed by atoms with E-state index in [0.29, 0.717) is 6.42 Å². The monoisotopic (exact) mass is 227 g/mol. The molecule has 4 nitrogen and oxygen atoms in total. The molecule has 16 heavy (non-hydrogen) atoms. The van der Waals surface area contributed by atoms with Gasteiger partial charge in [-0.15, -0.1) is 0 Å². The van der Waals surface area contributed by atoms with Crippen LogP contribution in [0.1, 0.15) is 32.6 Å². The molecular formula is C12H21NO3. The zero-order chi connectivity index (χ0) is 11.8. The van der Waals surface area contributed by atoms with Crippen LogP contribution >= 0.6 is 0 Å². The molecule has 1 aliphatic carbocycles. The van der Waals surface area contributed by atoms with Gasteiger partial charge in [-0.3, -0.25) is 9.69 Å². The zero-order valence-corrected chi connectivity index (χ0v) is 9.85. The number of carboxylic acids is 1. The molecule has 0 aromatic heterocycles. The number of aliphatic hydroxyl groups excluding tert-OH is 1. The molecule has 1 saturated heterocycles. The molecule has 2 atom stereocenters. The Kier molecular flexibility index (Phi) is 3.22. The van der Waals surface area contributed by atoms with Crippen molar-refractivity contribution in [1.82, 2.24) is 4.90 Å². The van der Waals surface area contributed by atoms with Crippen molar-refractivity contribution < 1.29 is 15.0 Å². The first-order valence-electron chi connectivity index (χ1n) is 6.20. The van der Waals surface area contributed by atoms with Gasteiger partial charge < -0.3 is 10.2 Å². The first kappa shape index (κ1) is 11.9. The van der Waals surface area contributed by atoms with Gasteiger partial charge in [0.2, 0.25) is 0 Å². The lowest BCUT2D eigenvalue weighted by molar-refractivity contribution is -0.143. The van der Waals surface area contributed by atoms with Crippen molar-refractivity contribution in [3.63, 3.8) is 0 Å². The summed E-state index contributed by atoms with van der Waals surface area (Å²) in [7, 11) is 0. The quantitative estimate of drug-likeness (QED) is 0.750. The van der Waals surface area contributed by atoms with Gasteiger partial charge in [-0.25, -0.2) is 0 Å². The second kappa shape index (κ2) is 4.34. The van der Waals surface area contributed by atoms with Crippen molar-refractivity contribution in [2.24, 2.45) is 11.3 Å².